The van der Waals surface area contributed by atoms with E-state index < -0.39 is 0 Å². The van der Waals surface area contributed by atoms with Crippen LogP contribution in [-0.2, 0) is 0 Å². The lowest BCUT2D eigenvalue weighted by Gasteiger charge is -1.65. The third kappa shape index (κ3) is 5.01. The molecule has 0 rings (SSSR count). The molecule has 0 fully saturated rings. The second-order valence-electron chi connectivity index (χ2n) is 0.876. The van der Waals surface area contributed by atoms with E-state index in [4.69, 9.17) is 5.53 Å². The minimum atomic E-state index is 1.17. The fourth-order valence-corrected chi connectivity index (χ4v) is 0.158. The van der Waals surface area contributed by atoms with E-state index in [0.29, 0.717) is 0 Å². The molecule has 0 aromatic carbocycles. The average molecular weight is 97.1 g/mol. The zero-order chi connectivity index (χ0) is 5.54. The molecule has 0 aliphatic rings. The summed E-state index contributed by atoms with van der Waals surface area (Å²) in [5, 5.41) is 2.88. The first-order valence-electron chi connectivity index (χ1n) is 1.91. The molecule has 3 heteroatoms. The maximum atomic E-state index is 6.22. The molecule has 7 heavy (non-hydrogen) atoms. The Balaban J connectivity index is 3.27. The smallest absolute Gasteiger partial charge is 0.137 e. The molecule has 38 valence electrons. The van der Waals surface area contributed by atoms with Crippen LogP contribution in [0.2, 0.25) is 0 Å². The lowest BCUT2D eigenvalue weighted by Crippen LogP contribution is -1.54. The Morgan fingerprint density at radius 2 is 2.29 bits per heavy atom. The average Bonchev–Trinajstić information content (AvgIpc) is 1.69. The summed E-state index contributed by atoms with van der Waals surface area (Å²) in [5.41, 5.74) is 6.22. The second-order valence-corrected chi connectivity index (χ2v) is 0.876. The van der Waals surface area contributed by atoms with E-state index in [2.05, 4.69) is 10.1 Å². The molecular formula is C4H7N3. The van der Waals surface area contributed by atoms with Gasteiger partial charge in [0.1, 0.15) is 6.34 Å². The van der Waals surface area contributed by atoms with Crippen LogP contribution in [0.15, 0.2) is 22.4 Å². The van der Waals surface area contributed by atoms with E-state index in [1.165, 1.54) is 6.34 Å². The highest BCUT2D eigenvalue weighted by Gasteiger charge is 1.53. The van der Waals surface area contributed by atoms with Crippen molar-refractivity contribution in [3.05, 3.63) is 12.3 Å². The predicted molar refractivity (Wildman–Crippen MR) is 28.5 cm³/mol. The zero-order valence-electron chi connectivity index (χ0n) is 4.13. The van der Waals surface area contributed by atoms with Gasteiger partial charge in [0.15, 0.2) is 0 Å². The van der Waals surface area contributed by atoms with E-state index in [-0.39, 0.29) is 0 Å². The Hall–Kier alpha value is -0.990. The molecule has 0 saturated carbocycles. The van der Waals surface area contributed by atoms with Crippen molar-refractivity contribution in [3.8, 4) is 0 Å². The molecule has 0 aromatic rings. The van der Waals surface area contributed by atoms with Crippen molar-refractivity contribution in [1.29, 1.82) is 5.53 Å². The minimum Gasteiger partial charge on any atom is -0.243 e. The molecule has 0 aliphatic carbocycles. The number of nitrogens with one attached hydrogen (secondary N) is 1. The zero-order valence-corrected chi connectivity index (χ0v) is 4.13. The summed E-state index contributed by atoms with van der Waals surface area (Å²) in [7, 11) is 0. The third-order valence-corrected chi connectivity index (χ3v) is 0.360. The van der Waals surface area contributed by atoms with Gasteiger partial charge in [-0.25, -0.2) is 10.5 Å². The maximum Gasteiger partial charge on any atom is 0.137 e. The number of aliphatic imine (C=N–C) groups is 1. The quantitative estimate of drug-likeness (QED) is 0.309. The summed E-state index contributed by atoms with van der Waals surface area (Å²) in [6, 6.07) is 0. The van der Waals surface area contributed by atoms with Gasteiger partial charge in [0.25, 0.3) is 0 Å². The summed E-state index contributed by atoms with van der Waals surface area (Å²) < 4.78 is 0. The summed E-state index contributed by atoms with van der Waals surface area (Å²) in [5.74, 6) is 0. The van der Waals surface area contributed by atoms with Crippen LogP contribution in [0.5, 0.6) is 0 Å². The van der Waals surface area contributed by atoms with Gasteiger partial charge in [-0.3, -0.25) is 0 Å². The van der Waals surface area contributed by atoms with Gasteiger partial charge in [0.2, 0.25) is 0 Å². The van der Waals surface area contributed by atoms with Crippen molar-refractivity contribution in [3.63, 3.8) is 0 Å². The van der Waals surface area contributed by atoms with E-state index in [1.54, 1.807) is 12.3 Å². The van der Waals surface area contributed by atoms with Crippen molar-refractivity contribution in [2.24, 2.45) is 10.1 Å². The first kappa shape index (κ1) is 6.01. The van der Waals surface area contributed by atoms with Gasteiger partial charge in [-0.2, -0.15) is 0 Å². The Morgan fingerprint density at radius 3 is 2.71 bits per heavy atom. The van der Waals surface area contributed by atoms with Crippen LogP contribution in [0.3, 0.4) is 0 Å². The number of nitrogens with zero attached hydrogens (tertiary/aromatic N) is 2. The monoisotopic (exact) mass is 97.1 g/mol. The molecule has 1 N–H and O–H groups in total. The summed E-state index contributed by atoms with van der Waals surface area (Å²) in [6.07, 6.45) is 4.50. The topological polar surface area (TPSA) is 48.6 Å². The molecule has 0 atom stereocenters. The lowest BCUT2D eigenvalue weighted by atomic mass is 10.7. The molecule has 0 radical (unpaired) electrons. The fourth-order valence-electron chi connectivity index (χ4n) is 0.158. The van der Waals surface area contributed by atoms with E-state index in [1.807, 2.05) is 6.92 Å². The van der Waals surface area contributed by atoms with Crippen molar-refractivity contribution in [1.82, 2.24) is 0 Å². The van der Waals surface area contributed by atoms with Gasteiger partial charge in [-0.05, 0) is 6.92 Å². The summed E-state index contributed by atoms with van der Waals surface area (Å²) in [4.78, 5) is 3.55. The van der Waals surface area contributed by atoms with Crippen molar-refractivity contribution >= 4 is 6.34 Å². The Kier molecular flexibility index (Phi) is 4.30. The van der Waals surface area contributed by atoms with Crippen LogP contribution in [0, 0.1) is 5.53 Å². The van der Waals surface area contributed by atoms with Crippen LogP contribution >= 0.6 is 0 Å². The molecule has 0 spiro atoms. The van der Waals surface area contributed by atoms with Crippen molar-refractivity contribution in [2.45, 2.75) is 6.92 Å². The van der Waals surface area contributed by atoms with Gasteiger partial charge in [0, 0.05) is 6.20 Å². The Morgan fingerprint density at radius 1 is 1.57 bits per heavy atom. The molecule has 0 aromatic heterocycles. The van der Waals surface area contributed by atoms with Crippen LogP contribution in [0.4, 0.5) is 0 Å². The number of rotatable bonds is 2. The molecule has 0 saturated heterocycles. The fraction of sp³-hybridized carbons (Fsp3) is 0.250. The molecule has 0 aliphatic heterocycles. The normalized spacial score (nSPS) is 11.0. The molecule has 3 nitrogen and oxygen atoms in total. The van der Waals surface area contributed by atoms with Crippen molar-refractivity contribution in [2.75, 3.05) is 0 Å². The van der Waals surface area contributed by atoms with Gasteiger partial charge in [-0.1, -0.05) is 6.08 Å². The highest BCUT2D eigenvalue weighted by Crippen LogP contribution is 1.68. The molecule has 0 bridgehead atoms. The van der Waals surface area contributed by atoms with Crippen molar-refractivity contribution < 1.29 is 0 Å². The number of allylic oxidation sites excluding steroid dienone is 1. The van der Waals surface area contributed by atoms with Gasteiger partial charge < -0.3 is 0 Å². The Bertz CT molecular complexity index is 93.1. The Labute approximate surface area is 42.3 Å². The highest BCUT2D eigenvalue weighted by molar-refractivity contribution is 5.54. The standard InChI is InChI=1S/C4H7N3/c1-2-3-6-4-7-5/h2-5H,1H3/b3-2-,6-4?,7-5?. The van der Waals surface area contributed by atoms with Crippen LogP contribution < -0.4 is 0 Å². The lowest BCUT2D eigenvalue weighted by molar-refractivity contribution is 1.20. The SMILES string of the molecule is C/C=C\N=CN=N. The molecule has 0 heterocycles. The van der Waals surface area contributed by atoms with E-state index in [9.17, 15) is 0 Å². The van der Waals surface area contributed by atoms with Crippen LogP contribution in [-0.4, -0.2) is 6.34 Å². The highest BCUT2D eigenvalue weighted by atomic mass is 15.0. The number of hydrogen-bond donors (Lipinski definition) is 1. The summed E-state index contributed by atoms with van der Waals surface area (Å²) >= 11 is 0. The second kappa shape index (κ2) is 5.01. The van der Waals surface area contributed by atoms with Gasteiger partial charge >= 0.3 is 0 Å². The first-order chi connectivity index (χ1) is 3.41. The molecular weight excluding hydrogens is 90.1 g/mol. The minimum absolute atomic E-state index is 1.17. The van der Waals surface area contributed by atoms with Gasteiger partial charge in [0.05, 0.1) is 0 Å². The van der Waals surface area contributed by atoms with Crippen LogP contribution in [0.1, 0.15) is 6.92 Å². The largest absolute Gasteiger partial charge is 0.243 e. The molecule has 0 amide bonds. The predicted octanol–water partition coefficient (Wildman–Crippen LogP) is 1.58. The number of hydrogen-bond acceptors (Lipinski definition) is 2. The third-order valence-electron chi connectivity index (χ3n) is 0.360. The van der Waals surface area contributed by atoms with Crippen LogP contribution in [0.25, 0.3) is 0 Å². The van der Waals surface area contributed by atoms with E-state index in [0.717, 1.165) is 0 Å². The van der Waals surface area contributed by atoms with E-state index >= 15 is 0 Å². The molecule has 0 unspecified atom stereocenters. The maximum absolute atomic E-state index is 6.22. The van der Waals surface area contributed by atoms with Gasteiger partial charge in [-0.15, -0.1) is 5.11 Å². The summed E-state index contributed by atoms with van der Waals surface area (Å²) in [6.45, 7) is 1.85. The first-order valence-corrected chi connectivity index (χ1v) is 1.91.